The summed E-state index contributed by atoms with van der Waals surface area (Å²) in [5, 5.41) is 12.2. The number of carboxylic acids is 1. The smallest absolute Gasteiger partial charge is 0.335 e. The van der Waals surface area contributed by atoms with Crippen molar-refractivity contribution in [3.05, 3.63) is 71.3 Å². The summed E-state index contributed by atoms with van der Waals surface area (Å²) in [6.07, 6.45) is 4.29. The number of allylic oxidation sites excluding steroid dienone is 1. The van der Waals surface area contributed by atoms with Gasteiger partial charge in [0.15, 0.2) is 0 Å². The van der Waals surface area contributed by atoms with Crippen LogP contribution in [0, 0.1) is 0 Å². The van der Waals surface area contributed by atoms with Gasteiger partial charge in [-0.15, -0.1) is 0 Å². The molecule has 1 aliphatic rings. The Balaban J connectivity index is 1.56. The Morgan fingerprint density at radius 2 is 1.86 bits per heavy atom. The van der Waals surface area contributed by atoms with Gasteiger partial charge in [-0.05, 0) is 53.8 Å². The molecule has 0 fully saturated rings. The number of hydrogen-bond donors (Lipinski definition) is 2. The second-order valence-electron chi connectivity index (χ2n) is 5.15. The van der Waals surface area contributed by atoms with Gasteiger partial charge < -0.3 is 10.4 Å². The molecule has 2 aromatic rings. The Bertz CT molecular complexity index is 687. The highest BCUT2D eigenvalue weighted by Gasteiger charge is 2.12. The largest absolute Gasteiger partial charge is 0.478 e. The number of carboxylic acid groups (broad SMARTS) is 1. The van der Waals surface area contributed by atoms with Crippen molar-refractivity contribution in [1.82, 2.24) is 0 Å². The van der Waals surface area contributed by atoms with Crippen LogP contribution in [0.3, 0.4) is 0 Å². The summed E-state index contributed by atoms with van der Waals surface area (Å²) >= 11 is 0. The molecule has 0 heterocycles. The molecular weight excluding hydrogens is 262 g/mol. The van der Waals surface area contributed by atoms with E-state index in [4.69, 9.17) is 5.11 Å². The maximum Gasteiger partial charge on any atom is 0.335 e. The van der Waals surface area contributed by atoms with Crippen LogP contribution in [0.5, 0.6) is 0 Å². The Hall–Kier alpha value is -2.55. The average molecular weight is 279 g/mol. The van der Waals surface area contributed by atoms with Crippen molar-refractivity contribution in [3.63, 3.8) is 0 Å². The maximum atomic E-state index is 10.8. The Morgan fingerprint density at radius 3 is 2.62 bits per heavy atom. The number of hydrogen-bond acceptors (Lipinski definition) is 2. The van der Waals surface area contributed by atoms with E-state index in [-0.39, 0.29) is 0 Å². The van der Waals surface area contributed by atoms with Crippen molar-refractivity contribution in [2.24, 2.45) is 0 Å². The van der Waals surface area contributed by atoms with E-state index in [2.05, 4.69) is 35.7 Å². The van der Waals surface area contributed by atoms with Gasteiger partial charge in [-0.3, -0.25) is 0 Å². The van der Waals surface area contributed by atoms with E-state index in [0.29, 0.717) is 5.56 Å². The first-order valence-corrected chi connectivity index (χ1v) is 7.08. The van der Waals surface area contributed by atoms with E-state index in [1.54, 1.807) is 24.3 Å². The molecule has 3 nitrogen and oxygen atoms in total. The van der Waals surface area contributed by atoms with E-state index in [9.17, 15) is 4.79 Å². The zero-order valence-corrected chi connectivity index (χ0v) is 11.7. The van der Waals surface area contributed by atoms with E-state index in [0.717, 1.165) is 25.1 Å². The predicted molar refractivity (Wildman–Crippen MR) is 84.6 cm³/mol. The molecule has 0 unspecified atom stereocenters. The summed E-state index contributed by atoms with van der Waals surface area (Å²) in [6, 6.07) is 15.4. The second-order valence-corrected chi connectivity index (χ2v) is 5.15. The fraction of sp³-hybridized carbons (Fsp3) is 0.167. The summed E-state index contributed by atoms with van der Waals surface area (Å²) in [7, 11) is 0. The third-order valence-corrected chi connectivity index (χ3v) is 3.79. The minimum absolute atomic E-state index is 0.313. The van der Waals surface area contributed by atoms with Crippen LogP contribution in [-0.2, 0) is 6.42 Å². The van der Waals surface area contributed by atoms with Gasteiger partial charge in [0, 0.05) is 12.2 Å². The average Bonchev–Trinajstić information content (AvgIpc) is 2.91. The Morgan fingerprint density at radius 1 is 1.10 bits per heavy atom. The first-order valence-electron chi connectivity index (χ1n) is 7.08. The molecule has 106 valence electrons. The highest BCUT2D eigenvalue weighted by molar-refractivity contribution is 5.88. The quantitative estimate of drug-likeness (QED) is 0.874. The number of anilines is 1. The van der Waals surface area contributed by atoms with Crippen LogP contribution in [0.15, 0.2) is 54.6 Å². The van der Waals surface area contributed by atoms with Gasteiger partial charge in [0.25, 0.3) is 0 Å². The molecule has 0 bridgehead atoms. The van der Waals surface area contributed by atoms with Crippen molar-refractivity contribution < 1.29 is 9.90 Å². The van der Waals surface area contributed by atoms with Crippen LogP contribution in [0.1, 0.15) is 27.9 Å². The molecule has 0 saturated heterocycles. The molecule has 0 aliphatic heterocycles. The number of fused-ring (bicyclic) bond motifs is 1. The van der Waals surface area contributed by atoms with Crippen LogP contribution in [0.25, 0.3) is 5.57 Å². The zero-order valence-electron chi connectivity index (χ0n) is 11.7. The predicted octanol–water partition coefficient (Wildman–Crippen LogP) is 3.83. The third-order valence-electron chi connectivity index (χ3n) is 3.79. The van der Waals surface area contributed by atoms with E-state index in [1.165, 1.54) is 16.7 Å². The minimum atomic E-state index is -0.894. The van der Waals surface area contributed by atoms with E-state index in [1.807, 2.05) is 0 Å². The molecule has 0 amide bonds. The van der Waals surface area contributed by atoms with Gasteiger partial charge in [0.2, 0.25) is 0 Å². The maximum absolute atomic E-state index is 10.8. The highest BCUT2D eigenvalue weighted by Crippen LogP contribution is 2.29. The highest BCUT2D eigenvalue weighted by atomic mass is 16.4. The zero-order chi connectivity index (χ0) is 14.7. The first-order chi connectivity index (χ1) is 10.2. The molecule has 2 N–H and O–H groups in total. The lowest BCUT2D eigenvalue weighted by atomic mass is 10.0. The molecule has 0 spiro atoms. The number of rotatable bonds is 5. The van der Waals surface area contributed by atoms with Gasteiger partial charge in [-0.1, -0.05) is 30.3 Å². The van der Waals surface area contributed by atoms with Crippen molar-refractivity contribution in [3.8, 4) is 0 Å². The van der Waals surface area contributed by atoms with Crippen LogP contribution in [0.4, 0.5) is 5.69 Å². The van der Waals surface area contributed by atoms with Crippen molar-refractivity contribution >= 4 is 17.2 Å². The summed E-state index contributed by atoms with van der Waals surface area (Å²) in [4.78, 5) is 10.8. The van der Waals surface area contributed by atoms with Gasteiger partial charge in [0.1, 0.15) is 0 Å². The van der Waals surface area contributed by atoms with E-state index >= 15 is 0 Å². The van der Waals surface area contributed by atoms with Crippen molar-refractivity contribution in [2.75, 3.05) is 11.9 Å². The van der Waals surface area contributed by atoms with Crippen LogP contribution >= 0.6 is 0 Å². The standard InChI is InChI=1S/C18H17NO2/c20-18(21)15-7-9-16(10-8-15)19-12-11-14-6-5-13-3-1-2-4-17(13)14/h1-4,6-10,19H,5,11-12H2,(H,20,21). The normalized spacial score (nSPS) is 12.7. The molecule has 0 aromatic heterocycles. The first kappa shape index (κ1) is 13.4. The number of benzene rings is 2. The SMILES string of the molecule is O=C(O)c1ccc(NCCC2=CCc3ccccc32)cc1. The number of carbonyl (C=O) groups is 1. The molecular formula is C18H17NO2. The van der Waals surface area contributed by atoms with Gasteiger partial charge >= 0.3 is 5.97 Å². The van der Waals surface area contributed by atoms with E-state index < -0.39 is 5.97 Å². The summed E-state index contributed by atoms with van der Waals surface area (Å²) in [5.41, 5.74) is 5.42. The van der Waals surface area contributed by atoms with Crippen molar-refractivity contribution in [2.45, 2.75) is 12.8 Å². The lowest BCUT2D eigenvalue weighted by Crippen LogP contribution is -2.03. The molecule has 3 rings (SSSR count). The Labute approximate surface area is 123 Å². The number of nitrogens with one attached hydrogen (secondary N) is 1. The van der Waals surface area contributed by atoms with Gasteiger partial charge in [0.05, 0.1) is 5.56 Å². The second kappa shape index (κ2) is 5.83. The summed E-state index contributed by atoms with van der Waals surface area (Å²) in [5.74, 6) is -0.894. The summed E-state index contributed by atoms with van der Waals surface area (Å²) < 4.78 is 0. The molecule has 1 aliphatic carbocycles. The Kier molecular flexibility index (Phi) is 3.73. The third kappa shape index (κ3) is 2.97. The molecule has 3 heteroatoms. The van der Waals surface area contributed by atoms with Crippen molar-refractivity contribution in [1.29, 1.82) is 0 Å². The molecule has 0 radical (unpaired) electrons. The minimum Gasteiger partial charge on any atom is -0.478 e. The van der Waals surface area contributed by atoms with Crippen LogP contribution in [-0.4, -0.2) is 17.6 Å². The van der Waals surface area contributed by atoms with Gasteiger partial charge in [-0.2, -0.15) is 0 Å². The summed E-state index contributed by atoms with van der Waals surface area (Å²) in [6.45, 7) is 0.840. The molecule has 0 atom stereocenters. The van der Waals surface area contributed by atoms with Gasteiger partial charge in [-0.25, -0.2) is 4.79 Å². The van der Waals surface area contributed by atoms with Crippen LogP contribution < -0.4 is 5.32 Å². The fourth-order valence-corrected chi connectivity index (χ4v) is 2.66. The molecule has 0 saturated carbocycles. The molecule has 21 heavy (non-hydrogen) atoms. The molecule has 2 aromatic carbocycles. The fourth-order valence-electron chi connectivity index (χ4n) is 2.66. The topological polar surface area (TPSA) is 49.3 Å². The lowest BCUT2D eigenvalue weighted by molar-refractivity contribution is 0.0697. The van der Waals surface area contributed by atoms with Crippen LogP contribution in [0.2, 0.25) is 0 Å². The monoisotopic (exact) mass is 279 g/mol. The lowest BCUT2D eigenvalue weighted by Gasteiger charge is -2.09. The number of aromatic carboxylic acids is 1.